The lowest BCUT2D eigenvalue weighted by molar-refractivity contribution is 0.600. The van der Waals surface area contributed by atoms with Crippen LogP contribution >= 0.6 is 0 Å². The highest BCUT2D eigenvalue weighted by atomic mass is 32.2. The summed E-state index contributed by atoms with van der Waals surface area (Å²) >= 11 is 0. The number of aryl methyl sites for hydroxylation is 1. The summed E-state index contributed by atoms with van der Waals surface area (Å²) in [4.78, 5) is 8.71. The van der Waals surface area contributed by atoms with Gasteiger partial charge < -0.3 is 5.73 Å². The smallest absolute Gasteiger partial charge is 0.236 e. The van der Waals surface area contributed by atoms with Gasteiger partial charge in [-0.2, -0.15) is 0 Å². The molecule has 0 bridgehead atoms. The van der Waals surface area contributed by atoms with Gasteiger partial charge >= 0.3 is 0 Å². The Labute approximate surface area is 152 Å². The maximum Gasteiger partial charge on any atom is 0.236 e. The number of nitrogens with zero attached hydrogens (tertiary/aromatic N) is 2. The molecule has 1 aromatic carbocycles. The fourth-order valence-electron chi connectivity index (χ4n) is 3.05. The number of hydrogen-bond acceptors (Lipinski definition) is 5. The van der Waals surface area contributed by atoms with Crippen molar-refractivity contribution in [3.8, 4) is 11.3 Å². The second-order valence-corrected chi connectivity index (χ2v) is 8.50. The molecule has 0 aliphatic heterocycles. The first kappa shape index (κ1) is 16.8. The van der Waals surface area contributed by atoms with Crippen molar-refractivity contribution in [2.24, 2.45) is 0 Å². The van der Waals surface area contributed by atoms with Gasteiger partial charge in [-0.25, -0.2) is 18.4 Å². The maximum absolute atomic E-state index is 12.1. The number of pyridine rings is 2. The first-order valence-electron chi connectivity index (χ1n) is 8.64. The number of fused-ring (bicyclic) bond motifs is 1. The van der Waals surface area contributed by atoms with Gasteiger partial charge in [0.2, 0.25) is 10.0 Å². The number of nitrogens with one attached hydrogen (secondary N) is 1. The van der Waals surface area contributed by atoms with E-state index >= 15 is 0 Å². The van der Waals surface area contributed by atoms with E-state index in [0.717, 1.165) is 23.1 Å². The number of aromatic nitrogens is 2. The molecule has 0 radical (unpaired) electrons. The summed E-state index contributed by atoms with van der Waals surface area (Å²) in [5.41, 5.74) is 9.12. The summed E-state index contributed by atoms with van der Waals surface area (Å²) < 4.78 is 26.9. The molecule has 2 heterocycles. The van der Waals surface area contributed by atoms with Crippen LogP contribution in [0.25, 0.3) is 22.0 Å². The van der Waals surface area contributed by atoms with Gasteiger partial charge in [0.25, 0.3) is 0 Å². The molecule has 0 spiro atoms. The molecule has 0 atom stereocenters. The summed E-state index contributed by atoms with van der Waals surface area (Å²) in [6.07, 6.45) is 3.87. The number of rotatable bonds is 5. The van der Waals surface area contributed by atoms with E-state index in [1.165, 1.54) is 5.56 Å². The van der Waals surface area contributed by atoms with E-state index in [9.17, 15) is 8.42 Å². The molecule has 0 amide bonds. The van der Waals surface area contributed by atoms with Crippen molar-refractivity contribution >= 4 is 32.4 Å². The standard InChI is InChI=1S/C19H20N4O2S/c1-2-12-5-3-4-6-15(12)17-9-13-10-18(21-11-16(13)19(20)22-17)23-26(24,25)14-7-8-14/h3-6,9-11,14H,2,7-8H2,1H3,(H2,20,22)(H,21,23). The molecule has 7 heteroatoms. The fraction of sp³-hybridized carbons (Fsp3) is 0.263. The highest BCUT2D eigenvalue weighted by molar-refractivity contribution is 7.93. The number of nitrogens with two attached hydrogens (primary N) is 1. The van der Waals surface area contributed by atoms with E-state index in [4.69, 9.17) is 5.73 Å². The minimum Gasteiger partial charge on any atom is -0.383 e. The Balaban J connectivity index is 1.79. The van der Waals surface area contributed by atoms with Crippen LogP contribution in [0.2, 0.25) is 0 Å². The number of hydrogen-bond donors (Lipinski definition) is 2. The van der Waals surface area contributed by atoms with E-state index in [-0.39, 0.29) is 5.25 Å². The Hall–Kier alpha value is -2.67. The van der Waals surface area contributed by atoms with Crippen LogP contribution in [0.15, 0.2) is 42.6 Å². The largest absolute Gasteiger partial charge is 0.383 e. The summed E-state index contributed by atoms with van der Waals surface area (Å²) in [5.74, 6) is 0.692. The Morgan fingerprint density at radius 2 is 2.00 bits per heavy atom. The van der Waals surface area contributed by atoms with Crippen molar-refractivity contribution in [1.82, 2.24) is 9.97 Å². The molecule has 6 nitrogen and oxygen atoms in total. The molecule has 1 saturated carbocycles. The van der Waals surface area contributed by atoms with Gasteiger partial charge in [-0.1, -0.05) is 31.2 Å². The third-order valence-electron chi connectivity index (χ3n) is 4.63. The summed E-state index contributed by atoms with van der Waals surface area (Å²) in [5, 5.41) is 1.22. The van der Waals surface area contributed by atoms with E-state index in [0.29, 0.717) is 29.9 Å². The lowest BCUT2D eigenvalue weighted by Gasteiger charge is -2.11. The zero-order valence-corrected chi connectivity index (χ0v) is 15.3. The van der Waals surface area contributed by atoms with Gasteiger partial charge in [-0.15, -0.1) is 0 Å². The summed E-state index contributed by atoms with van der Waals surface area (Å²) in [6.45, 7) is 2.10. The topological polar surface area (TPSA) is 98.0 Å². The second-order valence-electron chi connectivity index (χ2n) is 6.54. The van der Waals surface area contributed by atoms with Gasteiger partial charge in [-0.05, 0) is 42.3 Å². The Morgan fingerprint density at radius 1 is 1.23 bits per heavy atom. The molecule has 1 aliphatic rings. The van der Waals surface area contributed by atoms with Gasteiger partial charge in [0.05, 0.1) is 10.9 Å². The molecule has 4 rings (SSSR count). The van der Waals surface area contributed by atoms with Crippen molar-refractivity contribution in [1.29, 1.82) is 0 Å². The van der Waals surface area contributed by atoms with Gasteiger partial charge in [0.15, 0.2) is 0 Å². The Kier molecular flexibility index (Phi) is 4.03. The van der Waals surface area contributed by atoms with Crippen LogP contribution in [0, 0.1) is 0 Å². The number of anilines is 2. The molecule has 0 unspecified atom stereocenters. The first-order valence-corrected chi connectivity index (χ1v) is 10.2. The highest BCUT2D eigenvalue weighted by Crippen LogP contribution is 2.32. The summed E-state index contributed by atoms with van der Waals surface area (Å²) in [7, 11) is -3.35. The molecule has 2 aromatic heterocycles. The molecule has 3 aromatic rings. The third kappa shape index (κ3) is 3.10. The first-order chi connectivity index (χ1) is 12.5. The zero-order valence-electron chi connectivity index (χ0n) is 14.4. The number of benzene rings is 1. The van der Waals surface area contributed by atoms with Crippen molar-refractivity contribution in [2.45, 2.75) is 31.4 Å². The average molecular weight is 368 g/mol. The van der Waals surface area contributed by atoms with Gasteiger partial charge in [-0.3, -0.25) is 4.72 Å². The van der Waals surface area contributed by atoms with Crippen molar-refractivity contribution < 1.29 is 8.42 Å². The van der Waals surface area contributed by atoms with Crippen LogP contribution < -0.4 is 10.5 Å². The number of sulfonamides is 1. The predicted molar refractivity (Wildman–Crippen MR) is 104 cm³/mol. The molecule has 1 aliphatic carbocycles. The van der Waals surface area contributed by atoms with Crippen LogP contribution in [-0.4, -0.2) is 23.6 Å². The highest BCUT2D eigenvalue weighted by Gasteiger charge is 2.36. The molecular formula is C19H20N4O2S. The van der Waals surface area contributed by atoms with Crippen LogP contribution in [0.4, 0.5) is 11.6 Å². The Morgan fingerprint density at radius 3 is 2.73 bits per heavy atom. The molecule has 0 saturated heterocycles. The Bertz CT molecular complexity index is 1090. The normalized spacial score (nSPS) is 14.5. The average Bonchev–Trinajstić information content (AvgIpc) is 3.46. The number of nitrogen functional groups attached to an aromatic ring is 1. The van der Waals surface area contributed by atoms with Crippen LogP contribution in [0.3, 0.4) is 0 Å². The van der Waals surface area contributed by atoms with E-state index in [2.05, 4.69) is 27.7 Å². The lowest BCUT2D eigenvalue weighted by atomic mass is 10.0. The molecule has 3 N–H and O–H groups in total. The van der Waals surface area contributed by atoms with Gasteiger partial charge in [0, 0.05) is 17.1 Å². The second kappa shape index (κ2) is 6.25. The van der Waals surface area contributed by atoms with Gasteiger partial charge in [0.1, 0.15) is 11.6 Å². The molecule has 1 fully saturated rings. The van der Waals surface area contributed by atoms with Crippen LogP contribution in [-0.2, 0) is 16.4 Å². The van der Waals surface area contributed by atoms with E-state index in [1.54, 1.807) is 12.3 Å². The van der Waals surface area contributed by atoms with E-state index in [1.807, 2.05) is 24.3 Å². The SMILES string of the molecule is CCc1ccccc1-c1cc2cc(NS(=O)(=O)C3CC3)ncc2c(N)n1. The molecular weight excluding hydrogens is 348 g/mol. The fourth-order valence-corrected chi connectivity index (χ4v) is 4.38. The zero-order chi connectivity index (χ0) is 18.3. The third-order valence-corrected chi connectivity index (χ3v) is 6.47. The van der Waals surface area contributed by atoms with Crippen LogP contribution in [0.5, 0.6) is 0 Å². The minimum absolute atomic E-state index is 0.297. The molecule has 134 valence electrons. The van der Waals surface area contributed by atoms with E-state index < -0.39 is 10.0 Å². The van der Waals surface area contributed by atoms with Crippen molar-refractivity contribution in [3.05, 3.63) is 48.2 Å². The van der Waals surface area contributed by atoms with Crippen molar-refractivity contribution in [3.63, 3.8) is 0 Å². The minimum atomic E-state index is -3.35. The molecule has 26 heavy (non-hydrogen) atoms. The summed E-state index contributed by atoms with van der Waals surface area (Å²) in [6, 6.07) is 11.7. The van der Waals surface area contributed by atoms with Crippen LogP contribution in [0.1, 0.15) is 25.3 Å². The van der Waals surface area contributed by atoms with Crippen molar-refractivity contribution in [2.75, 3.05) is 10.5 Å². The lowest BCUT2D eigenvalue weighted by Crippen LogP contribution is -2.18. The quantitative estimate of drug-likeness (QED) is 0.720. The monoisotopic (exact) mass is 368 g/mol. The maximum atomic E-state index is 12.1. The predicted octanol–water partition coefficient (Wildman–Crippen LogP) is 3.35.